The summed E-state index contributed by atoms with van der Waals surface area (Å²) in [4.78, 5) is 4.92. The summed E-state index contributed by atoms with van der Waals surface area (Å²) >= 11 is 0. The van der Waals surface area contributed by atoms with Crippen LogP contribution in [-0.2, 0) is 11.8 Å². The maximum Gasteiger partial charge on any atom is 0.137 e. The second kappa shape index (κ2) is 5.48. The lowest BCUT2D eigenvalue weighted by Gasteiger charge is -2.18. The zero-order chi connectivity index (χ0) is 16.7. The number of aromatic nitrogens is 2. The Morgan fingerprint density at radius 2 is 1.62 bits per heavy atom. The van der Waals surface area contributed by atoms with E-state index in [1.807, 2.05) is 0 Å². The summed E-state index contributed by atoms with van der Waals surface area (Å²) in [5, 5.41) is 2.62. The van der Waals surface area contributed by atoms with Crippen molar-refractivity contribution in [3.8, 4) is 0 Å². The van der Waals surface area contributed by atoms with Crippen molar-refractivity contribution in [1.29, 1.82) is 0 Å². The maximum absolute atomic E-state index is 4.92. The predicted octanol–water partition coefficient (Wildman–Crippen LogP) is 5.38. The molecule has 120 valence electrons. The molecule has 0 atom stereocenters. The summed E-state index contributed by atoms with van der Waals surface area (Å²) < 4.78 is 2.24. The molecule has 24 heavy (non-hydrogen) atoms. The van der Waals surface area contributed by atoms with Gasteiger partial charge >= 0.3 is 0 Å². The smallest absolute Gasteiger partial charge is 0.137 e. The number of fused-ring (bicyclic) bond motifs is 2. The quantitative estimate of drug-likeness (QED) is 0.486. The molecule has 0 N–H and O–H groups in total. The highest BCUT2D eigenvalue weighted by Crippen LogP contribution is 2.29. The first-order chi connectivity index (χ1) is 11.5. The first-order valence-electron chi connectivity index (χ1n) is 8.47. The van der Waals surface area contributed by atoms with Crippen molar-refractivity contribution in [2.24, 2.45) is 0 Å². The van der Waals surface area contributed by atoms with Gasteiger partial charge < -0.3 is 4.40 Å². The van der Waals surface area contributed by atoms with Gasteiger partial charge in [-0.3, -0.25) is 0 Å². The van der Waals surface area contributed by atoms with E-state index in [9.17, 15) is 0 Å². The average molecular weight is 314 g/mol. The topological polar surface area (TPSA) is 17.3 Å². The van der Waals surface area contributed by atoms with Crippen molar-refractivity contribution in [1.82, 2.24) is 9.38 Å². The molecule has 0 saturated heterocycles. The lowest BCUT2D eigenvalue weighted by atomic mass is 9.88. The van der Waals surface area contributed by atoms with E-state index in [1.165, 1.54) is 27.7 Å². The summed E-state index contributed by atoms with van der Waals surface area (Å²) in [6, 6.07) is 21.4. The number of benzene rings is 2. The van der Waals surface area contributed by atoms with Crippen LogP contribution >= 0.6 is 0 Å². The van der Waals surface area contributed by atoms with Crippen LogP contribution in [0, 0.1) is 0 Å². The van der Waals surface area contributed by atoms with Crippen molar-refractivity contribution in [3.05, 3.63) is 83.8 Å². The first kappa shape index (κ1) is 14.9. The molecular weight excluding hydrogens is 292 g/mol. The average Bonchev–Trinajstić information content (AvgIpc) is 2.94. The molecule has 0 radical (unpaired) electrons. The molecule has 2 heteroatoms. The van der Waals surface area contributed by atoms with Crippen LogP contribution < -0.4 is 0 Å². The van der Waals surface area contributed by atoms with Crippen LogP contribution in [0.25, 0.3) is 16.4 Å². The maximum atomic E-state index is 4.92. The molecule has 4 rings (SSSR count). The molecule has 0 fully saturated rings. The van der Waals surface area contributed by atoms with Gasteiger partial charge in [0.1, 0.15) is 5.65 Å². The highest BCUT2D eigenvalue weighted by molar-refractivity contribution is 5.86. The molecule has 4 aromatic rings. The Morgan fingerprint density at radius 3 is 2.46 bits per heavy atom. The van der Waals surface area contributed by atoms with Gasteiger partial charge in [-0.1, -0.05) is 69.3 Å². The fourth-order valence-electron chi connectivity index (χ4n) is 3.44. The van der Waals surface area contributed by atoms with E-state index >= 15 is 0 Å². The van der Waals surface area contributed by atoms with E-state index in [-0.39, 0.29) is 5.41 Å². The van der Waals surface area contributed by atoms with Gasteiger partial charge in [-0.25, -0.2) is 4.98 Å². The molecule has 0 aliphatic rings. The molecule has 0 saturated carbocycles. The molecule has 2 aromatic heterocycles. The van der Waals surface area contributed by atoms with Gasteiger partial charge in [0, 0.05) is 18.0 Å². The van der Waals surface area contributed by atoms with E-state index < -0.39 is 0 Å². The Hall–Kier alpha value is -2.61. The molecular formula is C22H22N2. The van der Waals surface area contributed by atoms with Crippen LogP contribution in [-0.4, -0.2) is 9.38 Å². The SMILES string of the molecule is CC(C)(C)c1nc2ccccn2c1Cc1cccc2ccccc12. The number of pyridine rings is 1. The van der Waals surface area contributed by atoms with Crippen molar-refractivity contribution in [2.45, 2.75) is 32.6 Å². The lowest BCUT2D eigenvalue weighted by molar-refractivity contribution is 0.566. The fraction of sp³-hybridized carbons (Fsp3) is 0.227. The molecule has 2 aromatic carbocycles. The van der Waals surface area contributed by atoms with Crippen LogP contribution in [0.15, 0.2) is 66.9 Å². The van der Waals surface area contributed by atoms with Gasteiger partial charge in [-0.05, 0) is 28.5 Å². The number of imidazole rings is 1. The highest BCUT2D eigenvalue weighted by Gasteiger charge is 2.24. The van der Waals surface area contributed by atoms with Crippen molar-refractivity contribution < 1.29 is 0 Å². The minimum Gasteiger partial charge on any atom is -0.303 e. The van der Waals surface area contributed by atoms with Crippen LogP contribution in [0.2, 0.25) is 0 Å². The van der Waals surface area contributed by atoms with Crippen molar-refractivity contribution >= 4 is 16.4 Å². The first-order valence-corrected chi connectivity index (χ1v) is 8.47. The Balaban J connectivity index is 1.93. The molecule has 0 bridgehead atoms. The summed E-state index contributed by atoms with van der Waals surface area (Å²) in [5.41, 5.74) is 4.87. The van der Waals surface area contributed by atoms with Crippen molar-refractivity contribution in [2.75, 3.05) is 0 Å². The largest absolute Gasteiger partial charge is 0.303 e. The van der Waals surface area contributed by atoms with E-state index in [1.54, 1.807) is 0 Å². The van der Waals surface area contributed by atoms with E-state index in [0.29, 0.717) is 0 Å². The van der Waals surface area contributed by atoms with Gasteiger partial charge in [0.2, 0.25) is 0 Å². The second-order valence-electron chi connectivity index (χ2n) is 7.40. The minimum absolute atomic E-state index is 0.0198. The molecule has 2 nitrogen and oxygen atoms in total. The second-order valence-corrected chi connectivity index (χ2v) is 7.40. The van der Waals surface area contributed by atoms with E-state index in [4.69, 9.17) is 4.98 Å². The Kier molecular flexibility index (Phi) is 3.42. The number of hydrogen-bond acceptors (Lipinski definition) is 1. The molecule has 0 unspecified atom stereocenters. The third kappa shape index (κ3) is 2.48. The highest BCUT2D eigenvalue weighted by atomic mass is 15.0. The van der Waals surface area contributed by atoms with Crippen LogP contribution in [0.1, 0.15) is 37.7 Å². The number of hydrogen-bond donors (Lipinski definition) is 0. The van der Waals surface area contributed by atoms with Gasteiger partial charge in [0.05, 0.1) is 11.4 Å². The van der Waals surface area contributed by atoms with Crippen LogP contribution in [0.5, 0.6) is 0 Å². The Labute approximate surface area is 142 Å². The third-order valence-electron chi connectivity index (χ3n) is 4.58. The van der Waals surface area contributed by atoms with E-state index in [2.05, 4.69) is 92.0 Å². The van der Waals surface area contributed by atoms with Gasteiger partial charge in [0.15, 0.2) is 0 Å². The number of nitrogens with zero attached hydrogens (tertiary/aromatic N) is 2. The summed E-state index contributed by atoms with van der Waals surface area (Å²) in [6.45, 7) is 6.71. The molecule has 0 aliphatic heterocycles. The molecule has 0 aliphatic carbocycles. The van der Waals surface area contributed by atoms with Gasteiger partial charge in [-0.15, -0.1) is 0 Å². The zero-order valence-electron chi connectivity index (χ0n) is 14.5. The summed E-state index contributed by atoms with van der Waals surface area (Å²) in [5.74, 6) is 0. The normalized spacial score (nSPS) is 12.1. The standard InChI is InChI=1S/C22H22N2/c1-22(2,3)21-19(24-14-7-6-13-20(24)23-21)15-17-11-8-10-16-9-4-5-12-18(16)17/h4-14H,15H2,1-3H3. The van der Waals surface area contributed by atoms with Crippen molar-refractivity contribution in [3.63, 3.8) is 0 Å². The fourth-order valence-corrected chi connectivity index (χ4v) is 3.44. The molecule has 0 amide bonds. The minimum atomic E-state index is 0.0198. The number of rotatable bonds is 2. The third-order valence-corrected chi connectivity index (χ3v) is 4.58. The predicted molar refractivity (Wildman–Crippen MR) is 101 cm³/mol. The summed E-state index contributed by atoms with van der Waals surface area (Å²) in [6.07, 6.45) is 3.01. The monoisotopic (exact) mass is 314 g/mol. The Morgan fingerprint density at radius 1 is 0.875 bits per heavy atom. The lowest BCUT2D eigenvalue weighted by Crippen LogP contribution is -2.15. The molecule has 0 spiro atoms. The van der Waals surface area contributed by atoms with Crippen LogP contribution in [0.4, 0.5) is 0 Å². The molecule has 2 heterocycles. The van der Waals surface area contributed by atoms with Crippen LogP contribution in [0.3, 0.4) is 0 Å². The summed E-state index contributed by atoms with van der Waals surface area (Å²) in [7, 11) is 0. The Bertz CT molecular complexity index is 1010. The van der Waals surface area contributed by atoms with Gasteiger partial charge in [-0.2, -0.15) is 0 Å². The van der Waals surface area contributed by atoms with Gasteiger partial charge in [0.25, 0.3) is 0 Å². The van der Waals surface area contributed by atoms with E-state index in [0.717, 1.165) is 12.1 Å². The zero-order valence-corrected chi connectivity index (χ0v) is 14.5.